The van der Waals surface area contributed by atoms with Gasteiger partial charge < -0.3 is 50.0 Å². The van der Waals surface area contributed by atoms with Crippen LogP contribution < -0.4 is 5.63 Å². The van der Waals surface area contributed by atoms with Crippen molar-refractivity contribution in [3.8, 4) is 0 Å². The quantitative estimate of drug-likeness (QED) is 0.0770. The number of aliphatic hydroxyl groups excluding tert-OH is 6. The van der Waals surface area contributed by atoms with Crippen LogP contribution in [0.4, 0.5) is 4.79 Å². The standard InChI is InChI=1S/C29H49NO6.C27H43NO5.CH4.U/c1-6-19-22-13-18(31)10-11-28(22,4)25-23(32)14-29(5)20(8-9-21(29)24(25)26(19)33)16(3)12-17(30)15-36-27(34)35-7-2;1-5-17-20-12-16(29)8-9-26(20,3)24-21(30)13-27(4)18(6-7-19(27)23(24)25(17)32)14(2)10-15-11-22(31)33-28-15;;/h16,18-26,30-33H,6-15H2,1-5H3;11,14,16-21,23-25,28-30,32H,5-10,12-13H2,1-4H3;1H4;/t16-,18-,19-,20-,21?,22+,23+,24?,25?,26-,28+,29-;14-,16-,17-,18-,19?,20+,21+,23?,24?,25-,26+,27-;;/m11../s1. The monoisotopic (exact) mass is 1220 g/mol. The van der Waals surface area contributed by atoms with E-state index in [1.165, 1.54) is 0 Å². The Balaban J connectivity index is 0.000000227. The van der Waals surface area contributed by atoms with Crippen molar-refractivity contribution >= 4 is 11.9 Å². The third kappa shape index (κ3) is 10.4. The number of rotatable bonds is 11. The third-order valence-electron chi connectivity index (χ3n) is 22.5. The Morgan fingerprint density at radius 2 is 1.18 bits per heavy atom. The first-order valence-corrected chi connectivity index (χ1v) is 27.7. The molecule has 24 atom stereocenters. The molecule has 0 saturated heterocycles. The van der Waals surface area contributed by atoms with Crippen molar-refractivity contribution in [1.82, 2.24) is 5.16 Å². The zero-order chi connectivity index (χ0) is 50.1. The van der Waals surface area contributed by atoms with Crippen molar-refractivity contribution < 1.29 is 80.5 Å². The van der Waals surface area contributed by atoms with Crippen molar-refractivity contribution in [1.29, 1.82) is 5.41 Å². The molecule has 1 heterocycles. The second-order valence-corrected chi connectivity index (χ2v) is 25.7. The summed E-state index contributed by atoms with van der Waals surface area (Å²) in [5.74, 6) is 3.32. The molecule has 8 saturated carbocycles. The predicted octanol–water partition coefficient (Wildman–Crippen LogP) is 9.18. The van der Waals surface area contributed by atoms with Crippen molar-refractivity contribution in [2.75, 3.05) is 13.2 Å². The largest absolute Gasteiger partial charge is 0.508 e. The molecule has 6 unspecified atom stereocenters. The molecule has 1 aromatic heterocycles. The number of fused-ring (bicyclic) bond motifs is 10. The Morgan fingerprint density at radius 1 is 0.718 bits per heavy atom. The van der Waals surface area contributed by atoms with Gasteiger partial charge in [-0.05, 0) is 201 Å². The van der Waals surface area contributed by atoms with Gasteiger partial charge in [-0.15, -0.1) is 0 Å². The van der Waals surface area contributed by atoms with Gasteiger partial charge in [0.05, 0.1) is 48.9 Å². The van der Waals surface area contributed by atoms with E-state index in [-0.39, 0.29) is 145 Å². The van der Waals surface area contributed by atoms with Crippen molar-refractivity contribution in [2.45, 2.75) is 209 Å². The van der Waals surface area contributed by atoms with Crippen LogP contribution in [0.25, 0.3) is 0 Å². The summed E-state index contributed by atoms with van der Waals surface area (Å²) in [4.78, 5) is 23.0. The van der Waals surface area contributed by atoms with Crippen LogP contribution in [-0.2, 0) is 15.9 Å². The molecule has 8 aliphatic carbocycles. The normalized spacial score (nSPS) is 47.1. The summed E-state index contributed by atoms with van der Waals surface area (Å²) in [7, 11) is 0. The van der Waals surface area contributed by atoms with Gasteiger partial charge in [0.15, 0.2) is 0 Å². The molecule has 9 rings (SSSR count). The van der Waals surface area contributed by atoms with Crippen LogP contribution in [0.3, 0.4) is 0 Å². The van der Waals surface area contributed by atoms with Gasteiger partial charge in [-0.25, -0.2) is 14.7 Å². The Kier molecular flexibility index (Phi) is 18.9. The number of hydrogen-bond acceptors (Lipinski definition) is 12. The number of nitrogens with one attached hydrogen (secondary N) is 2. The zero-order valence-electron chi connectivity index (χ0n) is 44.1. The molecule has 1 aromatic rings. The maximum atomic E-state index is 11.8. The topological polar surface area (TPSA) is 227 Å². The van der Waals surface area contributed by atoms with E-state index in [1.807, 2.05) is 0 Å². The fourth-order valence-corrected chi connectivity index (χ4v) is 19.9. The Labute approximate surface area is 449 Å². The van der Waals surface area contributed by atoms with Crippen LogP contribution in [-0.4, -0.2) is 97.5 Å². The minimum atomic E-state index is -0.733. The summed E-state index contributed by atoms with van der Waals surface area (Å²) in [6.07, 6.45) is 10.8. The number of ether oxygens (including phenoxy) is 2. The summed E-state index contributed by atoms with van der Waals surface area (Å²) < 4.78 is 14.7. The average molecular weight is 1220 g/mol. The summed E-state index contributed by atoms with van der Waals surface area (Å²) in [5, 5.41) is 79.2. The van der Waals surface area contributed by atoms with E-state index < -0.39 is 30.6 Å². The van der Waals surface area contributed by atoms with Crippen molar-refractivity contribution in [3.63, 3.8) is 0 Å². The first kappa shape index (κ1) is 59.0. The van der Waals surface area contributed by atoms with Gasteiger partial charge in [0.1, 0.15) is 6.61 Å². The van der Waals surface area contributed by atoms with Crippen molar-refractivity contribution in [3.05, 3.63) is 22.2 Å². The van der Waals surface area contributed by atoms with Crippen molar-refractivity contribution in [2.24, 2.45) is 105 Å². The zero-order valence-corrected chi connectivity index (χ0v) is 48.2. The summed E-state index contributed by atoms with van der Waals surface area (Å²) in [6.45, 7) is 20.1. The number of carbonyl (C=O) groups excluding carboxylic acids is 1. The molecule has 0 spiro atoms. The van der Waals surface area contributed by atoms with Crippen LogP contribution in [0.2, 0.25) is 0 Å². The maximum absolute atomic E-state index is 11.8. The van der Waals surface area contributed by atoms with Gasteiger partial charge in [-0.3, -0.25) is 0 Å². The van der Waals surface area contributed by atoms with E-state index in [9.17, 15) is 40.2 Å². The molecule has 13 nitrogen and oxygen atoms in total. The molecule has 404 valence electrons. The Bertz CT molecular complexity index is 2020. The molecule has 0 bridgehead atoms. The fraction of sp³-hybridized carbons (Fsp3) is 0.912. The molecule has 0 amide bonds. The molecule has 8 N–H and O–H groups in total. The number of hydrogen-bond donors (Lipinski definition) is 8. The van der Waals surface area contributed by atoms with Crippen LogP contribution in [0.5, 0.6) is 0 Å². The van der Waals surface area contributed by atoms with Crippen LogP contribution in [0, 0.1) is 141 Å². The second kappa shape index (κ2) is 22.8. The molecule has 0 aromatic carbocycles. The number of aliphatic hydroxyl groups is 6. The van der Waals surface area contributed by atoms with E-state index >= 15 is 0 Å². The van der Waals surface area contributed by atoms with Crippen LogP contribution >= 0.6 is 0 Å². The number of aromatic nitrogens is 1. The average Bonchev–Trinajstić information content (AvgIpc) is 3.97. The minimum Gasteiger partial charge on any atom is -0.435 e. The van der Waals surface area contributed by atoms with E-state index in [2.05, 4.69) is 60.5 Å². The van der Waals surface area contributed by atoms with E-state index in [4.69, 9.17) is 19.4 Å². The summed E-state index contributed by atoms with van der Waals surface area (Å²) in [5.41, 5.74) is 0.690. The first-order valence-electron chi connectivity index (χ1n) is 27.7. The van der Waals surface area contributed by atoms with E-state index in [0.29, 0.717) is 41.7 Å². The van der Waals surface area contributed by atoms with Gasteiger partial charge in [0.25, 0.3) is 0 Å². The molecule has 8 aliphatic rings. The number of aromatic amines is 1. The molecule has 0 aliphatic heterocycles. The van der Waals surface area contributed by atoms with Gasteiger partial charge in [0.2, 0.25) is 0 Å². The first-order chi connectivity index (χ1) is 32.6. The summed E-state index contributed by atoms with van der Waals surface area (Å²) in [6, 6.07) is 1.55. The predicted molar refractivity (Wildman–Crippen MR) is 270 cm³/mol. The maximum Gasteiger partial charge on any atom is 0.508 e. The second-order valence-electron chi connectivity index (χ2n) is 25.7. The van der Waals surface area contributed by atoms with Crippen LogP contribution in [0.15, 0.2) is 15.4 Å². The minimum absolute atomic E-state index is 0. The number of H-pyrrole nitrogens is 1. The fourth-order valence-electron chi connectivity index (χ4n) is 19.9. The molecule has 0 radical (unpaired) electrons. The smallest absolute Gasteiger partial charge is 0.435 e. The van der Waals surface area contributed by atoms with Gasteiger partial charge in [-0.1, -0.05) is 75.7 Å². The molecule has 71 heavy (non-hydrogen) atoms. The Morgan fingerprint density at radius 3 is 1.61 bits per heavy atom. The molecule has 8 fully saturated rings. The Hall–Kier alpha value is -1.24. The van der Waals surface area contributed by atoms with Gasteiger partial charge in [-0.2, -0.15) is 0 Å². The van der Waals surface area contributed by atoms with Gasteiger partial charge in [0, 0.05) is 42.9 Å². The third-order valence-corrected chi connectivity index (χ3v) is 22.5. The molecule has 14 heteroatoms. The number of carbonyl (C=O) groups is 1. The molecular formula is C57H96N2O11U. The molecular weight excluding hydrogens is 1130 g/mol. The van der Waals surface area contributed by atoms with E-state index in [0.717, 1.165) is 102 Å². The van der Waals surface area contributed by atoms with Crippen LogP contribution in [0.1, 0.15) is 172 Å². The SMILES string of the molecule is C.CCOC(=O)OCC(=N)C[C@@H](C)[C@H]1CCC2C3C([C@@H](O)C[C@@]21C)[C@@]1(C)CC[C@@H](O)C[C@H]1[C@@H](CC)[C@H]3O.CC[C@H]1[C@@H](O)C2C3CC[C@H]([C@H](C)Cc4cc(=O)o[nH]4)[C@@]3(C)C[C@H](O)C2[C@@]2(C)CC[C@@H](O)C[C@@H]12.[U]. The van der Waals surface area contributed by atoms with E-state index in [1.54, 1.807) is 13.0 Å². The summed E-state index contributed by atoms with van der Waals surface area (Å²) >= 11 is 0. The van der Waals surface area contributed by atoms with Gasteiger partial charge >= 0.3 is 11.8 Å².